The maximum absolute atomic E-state index is 13.1. The number of hydrogen-bond acceptors (Lipinski definition) is 4. The van der Waals surface area contributed by atoms with Crippen molar-refractivity contribution >= 4 is 11.8 Å². The van der Waals surface area contributed by atoms with Gasteiger partial charge in [-0.15, -0.1) is 0 Å². The first kappa shape index (κ1) is 19.1. The minimum atomic E-state index is -0.537. The van der Waals surface area contributed by atoms with Gasteiger partial charge < -0.3 is 9.80 Å². The summed E-state index contributed by atoms with van der Waals surface area (Å²) in [6.45, 7) is 5.28. The Balaban J connectivity index is 1.91. The molecule has 0 radical (unpaired) electrons. The van der Waals surface area contributed by atoms with Crippen LogP contribution in [-0.4, -0.2) is 56.4 Å². The Morgan fingerprint density at radius 3 is 2.48 bits per heavy atom. The molecule has 0 saturated carbocycles. The van der Waals surface area contributed by atoms with E-state index in [1.807, 2.05) is 24.8 Å². The van der Waals surface area contributed by atoms with E-state index in [0.29, 0.717) is 19.6 Å². The van der Waals surface area contributed by atoms with Crippen LogP contribution < -0.4 is 11.2 Å². The minimum Gasteiger partial charge on any atom is -0.335 e. The number of carbonyl (C=O) groups excluding carboxylic acids is 2. The van der Waals surface area contributed by atoms with E-state index in [2.05, 4.69) is 0 Å². The van der Waals surface area contributed by atoms with Crippen molar-refractivity contribution in [3.63, 3.8) is 0 Å². The Morgan fingerprint density at radius 1 is 1.11 bits per heavy atom. The summed E-state index contributed by atoms with van der Waals surface area (Å²) in [5.41, 5.74) is 0.157. The second-order valence-corrected chi connectivity index (χ2v) is 7.68. The standard InChI is InChI=1S/C19H26N4O4/c1-12(2)7-8-23-14-6-5-13(17(23)25)10-22(11-14)18(26)15-9-16(24)21(4)19(27)20(15)3/h7,9,13-14H,5-6,8,10-11H2,1-4H3/t13-,14+/m0/s1. The number of fused-ring (bicyclic) bond motifs is 4. The zero-order valence-corrected chi connectivity index (χ0v) is 16.3. The van der Waals surface area contributed by atoms with Gasteiger partial charge in [0.15, 0.2) is 0 Å². The van der Waals surface area contributed by atoms with Crippen molar-refractivity contribution in [2.75, 3.05) is 19.6 Å². The number of rotatable bonds is 3. The molecule has 27 heavy (non-hydrogen) atoms. The number of piperidine rings is 1. The summed E-state index contributed by atoms with van der Waals surface area (Å²) in [4.78, 5) is 53.5. The SMILES string of the molecule is CC(C)=CCN1C(=O)[C@H]2CC[C@@H]1CN(C(=O)c1cc(=O)n(C)c(=O)n1C)C2. The van der Waals surface area contributed by atoms with Gasteiger partial charge in [0.25, 0.3) is 11.5 Å². The van der Waals surface area contributed by atoms with Gasteiger partial charge in [0.1, 0.15) is 5.69 Å². The van der Waals surface area contributed by atoms with Crippen LogP contribution in [0, 0.1) is 5.92 Å². The fourth-order valence-corrected chi connectivity index (χ4v) is 3.83. The van der Waals surface area contributed by atoms with Gasteiger partial charge in [-0.3, -0.25) is 23.5 Å². The van der Waals surface area contributed by atoms with E-state index in [-0.39, 0.29) is 29.5 Å². The molecule has 1 aromatic heterocycles. The highest BCUT2D eigenvalue weighted by Gasteiger charge is 2.41. The largest absolute Gasteiger partial charge is 0.335 e. The van der Waals surface area contributed by atoms with E-state index < -0.39 is 11.2 Å². The predicted octanol–water partition coefficient (Wildman–Crippen LogP) is 0.113. The first-order valence-corrected chi connectivity index (χ1v) is 9.21. The van der Waals surface area contributed by atoms with Crippen molar-refractivity contribution < 1.29 is 9.59 Å². The molecule has 3 saturated heterocycles. The summed E-state index contributed by atoms with van der Waals surface area (Å²) in [5.74, 6) is -0.528. The van der Waals surface area contributed by atoms with Crippen LogP contribution in [0.3, 0.4) is 0 Å². The molecule has 1 aromatic rings. The first-order chi connectivity index (χ1) is 12.7. The quantitative estimate of drug-likeness (QED) is 0.703. The van der Waals surface area contributed by atoms with Gasteiger partial charge in [0.05, 0.1) is 5.92 Å². The topological polar surface area (TPSA) is 84.6 Å². The molecule has 0 aliphatic carbocycles. The van der Waals surface area contributed by atoms with Crippen molar-refractivity contribution in [1.29, 1.82) is 0 Å². The third-order valence-electron chi connectivity index (χ3n) is 5.52. The highest BCUT2D eigenvalue weighted by atomic mass is 16.2. The second-order valence-electron chi connectivity index (χ2n) is 7.68. The van der Waals surface area contributed by atoms with Gasteiger partial charge in [-0.05, 0) is 26.7 Å². The summed E-state index contributed by atoms with van der Waals surface area (Å²) < 4.78 is 2.16. The molecule has 8 nitrogen and oxygen atoms in total. The predicted molar refractivity (Wildman–Crippen MR) is 100 cm³/mol. The molecule has 0 spiro atoms. The fraction of sp³-hybridized carbons (Fsp3) is 0.579. The van der Waals surface area contributed by atoms with Gasteiger partial charge in [-0.25, -0.2) is 4.79 Å². The molecule has 2 bridgehead atoms. The van der Waals surface area contributed by atoms with Crippen molar-refractivity contribution in [3.05, 3.63) is 44.2 Å². The van der Waals surface area contributed by atoms with Crippen LogP contribution >= 0.6 is 0 Å². The number of hydrogen-bond donors (Lipinski definition) is 0. The van der Waals surface area contributed by atoms with Crippen molar-refractivity contribution in [2.24, 2.45) is 20.0 Å². The van der Waals surface area contributed by atoms with Crippen LogP contribution in [0.1, 0.15) is 37.2 Å². The fourth-order valence-electron chi connectivity index (χ4n) is 3.83. The number of amides is 2. The van der Waals surface area contributed by atoms with Crippen LogP contribution in [0.2, 0.25) is 0 Å². The van der Waals surface area contributed by atoms with Crippen molar-refractivity contribution in [1.82, 2.24) is 18.9 Å². The maximum atomic E-state index is 13.1. The van der Waals surface area contributed by atoms with E-state index in [4.69, 9.17) is 0 Å². The Hall–Kier alpha value is -2.64. The lowest BCUT2D eigenvalue weighted by atomic mass is 9.94. The van der Waals surface area contributed by atoms with Crippen molar-refractivity contribution in [3.8, 4) is 0 Å². The van der Waals surface area contributed by atoms with E-state index in [9.17, 15) is 19.2 Å². The Kier molecular flexibility index (Phi) is 5.08. The van der Waals surface area contributed by atoms with Gasteiger partial charge in [0, 0.05) is 45.8 Å². The molecule has 3 fully saturated rings. The molecular formula is C19H26N4O4. The van der Waals surface area contributed by atoms with E-state index in [1.165, 1.54) is 24.7 Å². The summed E-state index contributed by atoms with van der Waals surface area (Å²) in [6.07, 6.45) is 3.63. The molecule has 0 unspecified atom stereocenters. The molecule has 4 rings (SSSR count). The summed E-state index contributed by atoms with van der Waals surface area (Å²) >= 11 is 0. The average molecular weight is 374 g/mol. The summed E-state index contributed by atoms with van der Waals surface area (Å²) in [5, 5.41) is 0. The third-order valence-corrected chi connectivity index (χ3v) is 5.52. The molecule has 2 amide bonds. The number of carbonyl (C=O) groups is 2. The maximum Gasteiger partial charge on any atom is 0.331 e. The van der Waals surface area contributed by atoms with E-state index >= 15 is 0 Å². The zero-order valence-electron chi connectivity index (χ0n) is 16.3. The van der Waals surface area contributed by atoms with Crippen molar-refractivity contribution in [2.45, 2.75) is 32.7 Å². The Bertz CT molecular complexity index is 923. The van der Waals surface area contributed by atoms with E-state index in [0.717, 1.165) is 23.0 Å². The summed E-state index contributed by atoms with van der Waals surface area (Å²) in [6, 6.07) is 1.15. The highest BCUT2D eigenvalue weighted by molar-refractivity contribution is 5.93. The molecule has 2 atom stereocenters. The Labute approximate surface area is 157 Å². The van der Waals surface area contributed by atoms with Crippen LogP contribution in [-0.2, 0) is 18.9 Å². The number of nitrogens with zero attached hydrogens (tertiary/aromatic N) is 4. The average Bonchev–Trinajstić information content (AvgIpc) is 2.92. The van der Waals surface area contributed by atoms with Gasteiger partial charge in [-0.1, -0.05) is 11.6 Å². The van der Waals surface area contributed by atoms with Crippen LogP contribution in [0.15, 0.2) is 27.3 Å². The molecular weight excluding hydrogens is 348 g/mol. The molecule has 8 heteroatoms. The van der Waals surface area contributed by atoms with Crippen LogP contribution in [0.25, 0.3) is 0 Å². The van der Waals surface area contributed by atoms with Gasteiger partial charge >= 0.3 is 5.69 Å². The lowest BCUT2D eigenvalue weighted by Gasteiger charge is -2.35. The molecule has 0 aromatic carbocycles. The zero-order chi connectivity index (χ0) is 19.9. The molecule has 3 aliphatic rings. The molecule has 146 valence electrons. The monoisotopic (exact) mass is 374 g/mol. The lowest BCUT2D eigenvalue weighted by Crippen LogP contribution is -2.48. The normalized spacial score (nSPS) is 22.0. The first-order valence-electron chi connectivity index (χ1n) is 9.21. The molecule has 4 heterocycles. The molecule has 3 aliphatic heterocycles. The number of aromatic nitrogens is 2. The van der Waals surface area contributed by atoms with Crippen LogP contribution in [0.4, 0.5) is 0 Å². The Morgan fingerprint density at radius 2 is 1.81 bits per heavy atom. The van der Waals surface area contributed by atoms with E-state index in [1.54, 1.807) is 4.90 Å². The second kappa shape index (κ2) is 7.17. The highest BCUT2D eigenvalue weighted by Crippen LogP contribution is 2.29. The smallest absolute Gasteiger partial charge is 0.331 e. The minimum absolute atomic E-state index is 0.0422. The lowest BCUT2D eigenvalue weighted by molar-refractivity contribution is -0.139. The summed E-state index contributed by atoms with van der Waals surface area (Å²) in [7, 11) is 2.86. The van der Waals surface area contributed by atoms with Gasteiger partial charge in [0.2, 0.25) is 5.91 Å². The van der Waals surface area contributed by atoms with Crippen LogP contribution in [0.5, 0.6) is 0 Å². The number of allylic oxidation sites excluding steroid dienone is 1. The third kappa shape index (κ3) is 3.48. The molecule has 0 N–H and O–H groups in total. The van der Waals surface area contributed by atoms with Gasteiger partial charge in [-0.2, -0.15) is 0 Å².